The smallest absolute Gasteiger partial charge is 0.174 e. The Kier molecular flexibility index (Phi) is 5.72. The van der Waals surface area contributed by atoms with E-state index in [0.29, 0.717) is 5.11 Å². The van der Waals surface area contributed by atoms with Gasteiger partial charge in [0.1, 0.15) is 11.5 Å². The Morgan fingerprint density at radius 3 is 2.32 bits per heavy atom. The van der Waals surface area contributed by atoms with Crippen molar-refractivity contribution >= 4 is 50.3 Å². The molecule has 4 aromatic rings. The molecule has 0 spiro atoms. The summed E-state index contributed by atoms with van der Waals surface area (Å²) in [7, 11) is 0. The number of pyridine rings is 1. The Balaban J connectivity index is 1.48. The maximum Gasteiger partial charge on any atom is 0.174 e. The SMILES string of the molecule is S=C1N[C@@H](c2ccccn2)[C@H](c2ccc(Br)s2)N1c1ccc(Oc2ccccc2)cc1. The number of thiophene rings is 1. The fourth-order valence-corrected chi connectivity index (χ4v) is 5.61. The molecule has 2 atom stereocenters. The molecule has 5 rings (SSSR count). The third kappa shape index (κ3) is 4.21. The summed E-state index contributed by atoms with van der Waals surface area (Å²) in [5.74, 6) is 1.59. The fourth-order valence-electron chi connectivity index (χ4n) is 3.71. The molecule has 1 aliphatic heterocycles. The molecule has 31 heavy (non-hydrogen) atoms. The highest BCUT2D eigenvalue weighted by atomic mass is 79.9. The predicted molar refractivity (Wildman–Crippen MR) is 133 cm³/mol. The topological polar surface area (TPSA) is 37.4 Å². The van der Waals surface area contributed by atoms with Gasteiger partial charge < -0.3 is 15.0 Å². The van der Waals surface area contributed by atoms with Crippen LogP contribution in [0.5, 0.6) is 11.5 Å². The molecule has 7 heteroatoms. The molecule has 0 saturated carbocycles. The van der Waals surface area contributed by atoms with E-state index in [1.807, 2.05) is 79.0 Å². The summed E-state index contributed by atoms with van der Waals surface area (Å²) in [4.78, 5) is 7.96. The van der Waals surface area contributed by atoms with Crippen LogP contribution >= 0.6 is 39.5 Å². The van der Waals surface area contributed by atoms with Crippen molar-refractivity contribution in [2.45, 2.75) is 12.1 Å². The first-order chi connectivity index (χ1) is 15.2. The molecule has 2 aromatic heterocycles. The highest BCUT2D eigenvalue weighted by Gasteiger charge is 2.41. The lowest BCUT2D eigenvalue weighted by atomic mass is 10.0. The van der Waals surface area contributed by atoms with Gasteiger partial charge in [0.15, 0.2) is 5.11 Å². The van der Waals surface area contributed by atoms with E-state index in [2.05, 4.69) is 43.3 Å². The summed E-state index contributed by atoms with van der Waals surface area (Å²) >= 11 is 11.1. The Morgan fingerprint density at radius 1 is 0.903 bits per heavy atom. The van der Waals surface area contributed by atoms with Crippen LogP contribution in [0.15, 0.2) is 94.9 Å². The van der Waals surface area contributed by atoms with Crippen LogP contribution in [0.3, 0.4) is 0 Å². The van der Waals surface area contributed by atoms with E-state index in [4.69, 9.17) is 17.0 Å². The van der Waals surface area contributed by atoms with Crippen molar-refractivity contribution in [2.75, 3.05) is 4.90 Å². The van der Waals surface area contributed by atoms with Gasteiger partial charge in [-0.1, -0.05) is 24.3 Å². The Hall–Kier alpha value is -2.74. The van der Waals surface area contributed by atoms with Gasteiger partial charge in [0.2, 0.25) is 0 Å². The van der Waals surface area contributed by atoms with Gasteiger partial charge in [-0.3, -0.25) is 4.98 Å². The summed E-state index contributed by atoms with van der Waals surface area (Å²) in [5.41, 5.74) is 1.97. The molecule has 0 aliphatic carbocycles. The molecular weight excluding hydrogens is 490 g/mol. The van der Waals surface area contributed by atoms with E-state index in [9.17, 15) is 0 Å². The number of para-hydroxylation sites is 1. The molecule has 0 radical (unpaired) electrons. The Bertz CT molecular complexity index is 1180. The molecule has 1 saturated heterocycles. The highest BCUT2D eigenvalue weighted by molar-refractivity contribution is 9.11. The van der Waals surface area contributed by atoms with Crippen molar-refractivity contribution < 1.29 is 4.74 Å². The molecule has 4 nitrogen and oxygen atoms in total. The van der Waals surface area contributed by atoms with E-state index < -0.39 is 0 Å². The quantitative estimate of drug-likeness (QED) is 0.298. The van der Waals surface area contributed by atoms with Crippen LogP contribution in [0.4, 0.5) is 5.69 Å². The van der Waals surface area contributed by atoms with Gasteiger partial charge in [-0.05, 0) is 88.8 Å². The molecule has 0 unspecified atom stereocenters. The number of aromatic nitrogens is 1. The predicted octanol–water partition coefficient (Wildman–Crippen LogP) is 6.88. The van der Waals surface area contributed by atoms with Crippen LogP contribution in [0, 0.1) is 0 Å². The Labute approximate surface area is 198 Å². The number of hydrogen-bond acceptors (Lipinski definition) is 4. The normalized spacial score (nSPS) is 18.1. The summed E-state index contributed by atoms with van der Waals surface area (Å²) in [5, 5.41) is 4.17. The average molecular weight is 508 g/mol. The second-order valence-electron chi connectivity index (χ2n) is 7.05. The summed E-state index contributed by atoms with van der Waals surface area (Å²) in [6, 6.07) is 27.9. The zero-order valence-electron chi connectivity index (χ0n) is 16.3. The number of halogens is 1. The molecule has 1 N–H and O–H groups in total. The van der Waals surface area contributed by atoms with Crippen molar-refractivity contribution in [2.24, 2.45) is 0 Å². The molecule has 1 aliphatic rings. The first-order valence-electron chi connectivity index (χ1n) is 9.78. The molecular formula is C24H18BrN3OS2. The number of hydrogen-bond donors (Lipinski definition) is 1. The molecule has 3 heterocycles. The number of thiocarbonyl (C=S) groups is 1. The van der Waals surface area contributed by atoms with Gasteiger partial charge in [0, 0.05) is 16.8 Å². The second kappa shape index (κ2) is 8.78. The summed E-state index contributed by atoms with van der Waals surface area (Å²) in [6.07, 6.45) is 1.82. The van der Waals surface area contributed by atoms with Gasteiger partial charge in [-0.15, -0.1) is 11.3 Å². The van der Waals surface area contributed by atoms with Crippen LogP contribution in [0.25, 0.3) is 0 Å². The number of benzene rings is 2. The first kappa shape index (κ1) is 20.2. The lowest BCUT2D eigenvalue weighted by molar-refractivity contribution is 0.482. The molecule has 0 bridgehead atoms. The maximum absolute atomic E-state index is 5.95. The van der Waals surface area contributed by atoms with E-state index in [1.165, 1.54) is 4.88 Å². The number of ether oxygens (including phenoxy) is 1. The van der Waals surface area contributed by atoms with E-state index in [-0.39, 0.29) is 12.1 Å². The summed E-state index contributed by atoms with van der Waals surface area (Å²) < 4.78 is 7.04. The van der Waals surface area contributed by atoms with Gasteiger partial charge in [-0.2, -0.15) is 0 Å². The minimum atomic E-state index is -0.0421. The maximum atomic E-state index is 5.95. The number of anilines is 1. The average Bonchev–Trinajstić information content (AvgIpc) is 3.38. The lowest BCUT2D eigenvalue weighted by Gasteiger charge is -2.27. The van der Waals surface area contributed by atoms with E-state index >= 15 is 0 Å². The minimum absolute atomic E-state index is 0.000378. The van der Waals surface area contributed by atoms with Crippen LogP contribution in [-0.4, -0.2) is 10.1 Å². The number of nitrogens with zero attached hydrogens (tertiary/aromatic N) is 2. The van der Waals surface area contributed by atoms with Crippen LogP contribution in [-0.2, 0) is 0 Å². The second-order valence-corrected chi connectivity index (χ2v) is 9.93. The van der Waals surface area contributed by atoms with Crippen molar-refractivity contribution in [1.29, 1.82) is 0 Å². The first-order valence-corrected chi connectivity index (χ1v) is 11.8. The standard InChI is InChI=1S/C24H18BrN3OS2/c25-21-14-13-20(31-21)23-22(19-8-4-5-15-26-19)27-24(30)28(23)16-9-11-18(12-10-16)29-17-6-2-1-3-7-17/h1-15,22-23H,(H,27,30)/t22-,23-/m0/s1. The number of rotatable bonds is 5. The van der Waals surface area contributed by atoms with Crippen molar-refractivity contribution in [3.8, 4) is 11.5 Å². The molecule has 0 amide bonds. The fraction of sp³-hybridized carbons (Fsp3) is 0.0833. The third-order valence-electron chi connectivity index (χ3n) is 5.08. The van der Waals surface area contributed by atoms with Gasteiger partial charge in [0.25, 0.3) is 0 Å². The van der Waals surface area contributed by atoms with Crippen LogP contribution in [0.2, 0.25) is 0 Å². The zero-order chi connectivity index (χ0) is 21.2. The van der Waals surface area contributed by atoms with E-state index in [1.54, 1.807) is 11.3 Å². The largest absolute Gasteiger partial charge is 0.457 e. The highest BCUT2D eigenvalue weighted by Crippen LogP contribution is 2.44. The van der Waals surface area contributed by atoms with Crippen molar-refractivity contribution in [3.63, 3.8) is 0 Å². The minimum Gasteiger partial charge on any atom is -0.457 e. The van der Waals surface area contributed by atoms with Crippen LogP contribution in [0.1, 0.15) is 22.7 Å². The van der Waals surface area contributed by atoms with Crippen molar-refractivity contribution in [1.82, 2.24) is 10.3 Å². The summed E-state index contributed by atoms with van der Waals surface area (Å²) in [6.45, 7) is 0. The number of nitrogens with one attached hydrogen (secondary N) is 1. The molecule has 1 fully saturated rings. The van der Waals surface area contributed by atoms with Gasteiger partial charge in [-0.25, -0.2) is 0 Å². The zero-order valence-corrected chi connectivity index (χ0v) is 19.5. The van der Waals surface area contributed by atoms with E-state index in [0.717, 1.165) is 26.7 Å². The third-order valence-corrected chi connectivity index (χ3v) is 7.09. The lowest BCUT2D eigenvalue weighted by Crippen LogP contribution is -2.28. The molecule has 2 aromatic carbocycles. The van der Waals surface area contributed by atoms with Crippen molar-refractivity contribution in [3.05, 3.63) is 105 Å². The molecule has 154 valence electrons. The monoisotopic (exact) mass is 507 g/mol. The van der Waals surface area contributed by atoms with Crippen LogP contribution < -0.4 is 15.0 Å². The Morgan fingerprint density at radius 2 is 1.65 bits per heavy atom. The van der Waals surface area contributed by atoms with Gasteiger partial charge in [0.05, 0.1) is 21.6 Å². The van der Waals surface area contributed by atoms with Gasteiger partial charge >= 0.3 is 0 Å².